The number of rotatable bonds is 19. The second kappa shape index (κ2) is 18.6. The molecule has 0 radical (unpaired) electrons. The molecule has 2 rings (SSSR count). The quantitative estimate of drug-likeness (QED) is 0.168. The maximum atomic E-state index is 13.2. The predicted octanol–water partition coefficient (Wildman–Crippen LogP) is 9.24. The average molecular weight is 537 g/mol. The Balaban J connectivity index is 2.01. The molecule has 1 unspecified atom stereocenters. The first-order valence-corrected chi connectivity index (χ1v) is 15.6. The molecule has 0 aromatic heterocycles. The van der Waals surface area contributed by atoms with Gasteiger partial charge in [0.15, 0.2) is 0 Å². The average Bonchev–Trinajstić information content (AvgIpc) is 2.95. The number of carbonyl (C=O) groups is 2. The molecule has 2 aromatic rings. The van der Waals surface area contributed by atoms with Crippen molar-refractivity contribution >= 4 is 11.9 Å². The summed E-state index contributed by atoms with van der Waals surface area (Å²) in [5.74, 6) is -0.556. The van der Waals surface area contributed by atoms with Gasteiger partial charge in [0, 0.05) is 6.42 Å². The zero-order chi connectivity index (χ0) is 28.5. The summed E-state index contributed by atoms with van der Waals surface area (Å²) in [4.78, 5) is 26.2. The summed E-state index contributed by atoms with van der Waals surface area (Å²) in [5.41, 5.74) is 6.07. The highest BCUT2D eigenvalue weighted by atomic mass is 16.6. The number of aryl methyl sites for hydroxylation is 4. The summed E-state index contributed by atoms with van der Waals surface area (Å²) in [6, 6.07) is 12.4. The Bertz CT molecular complexity index is 1010. The number of carbonyl (C=O) groups excluding carboxylic acids is 2. The van der Waals surface area contributed by atoms with Crippen molar-refractivity contribution in [3.05, 3.63) is 69.8 Å². The molecule has 1 atom stereocenters. The van der Waals surface area contributed by atoms with Crippen LogP contribution in [0.4, 0.5) is 0 Å². The van der Waals surface area contributed by atoms with Crippen LogP contribution in [0.3, 0.4) is 0 Å². The first-order chi connectivity index (χ1) is 19.0. The van der Waals surface area contributed by atoms with E-state index in [4.69, 9.17) is 9.47 Å². The zero-order valence-corrected chi connectivity index (χ0v) is 25.3. The third kappa shape index (κ3) is 11.2. The third-order valence-corrected chi connectivity index (χ3v) is 7.42. The van der Waals surface area contributed by atoms with E-state index in [9.17, 15) is 9.59 Å². The van der Waals surface area contributed by atoms with Crippen LogP contribution in [0.25, 0.3) is 0 Å². The van der Waals surface area contributed by atoms with Crippen molar-refractivity contribution in [3.63, 3.8) is 0 Å². The van der Waals surface area contributed by atoms with Crippen molar-refractivity contribution in [3.8, 4) is 0 Å². The lowest BCUT2D eigenvalue weighted by atomic mass is 9.97. The number of benzene rings is 2. The normalized spacial score (nSPS) is 11.8. The molecule has 0 saturated heterocycles. The highest BCUT2D eigenvalue weighted by molar-refractivity contribution is 5.92. The molecule has 0 aliphatic rings. The van der Waals surface area contributed by atoms with Crippen LogP contribution in [0.5, 0.6) is 0 Å². The molecule has 39 heavy (non-hydrogen) atoms. The van der Waals surface area contributed by atoms with E-state index in [2.05, 4.69) is 52.0 Å². The maximum absolute atomic E-state index is 13.2. The van der Waals surface area contributed by atoms with Gasteiger partial charge in [0.1, 0.15) is 6.10 Å². The zero-order valence-electron chi connectivity index (χ0n) is 25.3. The van der Waals surface area contributed by atoms with E-state index in [0.717, 1.165) is 88.2 Å². The molecule has 4 nitrogen and oxygen atoms in total. The minimum atomic E-state index is -0.292. The molecule has 0 fully saturated rings. The highest BCUT2D eigenvalue weighted by Gasteiger charge is 2.20. The Morgan fingerprint density at radius 2 is 1.10 bits per heavy atom. The Morgan fingerprint density at radius 3 is 1.56 bits per heavy atom. The molecule has 216 valence electrons. The first-order valence-electron chi connectivity index (χ1n) is 15.6. The molecular formula is C35H52O4. The van der Waals surface area contributed by atoms with E-state index in [1.807, 2.05) is 19.1 Å². The number of hydrogen-bond acceptors (Lipinski definition) is 4. The number of unbranched alkanes of at least 4 members (excludes halogenated alkanes) is 4. The molecule has 0 aliphatic carbocycles. The lowest BCUT2D eigenvalue weighted by Crippen LogP contribution is -2.21. The molecule has 2 aromatic carbocycles. The van der Waals surface area contributed by atoms with Crippen molar-refractivity contribution in [2.45, 2.75) is 131 Å². The summed E-state index contributed by atoms with van der Waals surface area (Å²) in [7, 11) is 0. The molecule has 0 aliphatic heterocycles. The fraction of sp³-hybridized carbons (Fsp3) is 0.600. The molecule has 4 heteroatoms. The predicted molar refractivity (Wildman–Crippen MR) is 162 cm³/mol. The topological polar surface area (TPSA) is 52.6 Å². The fourth-order valence-corrected chi connectivity index (χ4v) is 4.84. The van der Waals surface area contributed by atoms with Crippen molar-refractivity contribution < 1.29 is 19.1 Å². The Hall–Kier alpha value is -2.62. The number of esters is 2. The van der Waals surface area contributed by atoms with Gasteiger partial charge in [0.2, 0.25) is 0 Å². The van der Waals surface area contributed by atoms with Crippen LogP contribution in [0.2, 0.25) is 0 Å². The SMILES string of the molecule is CCCCc1ccc(C(=O)OCCC(CC)OC(=O)c2ccc(CCCC)cc2CCCC)c(CCCC)c1. The summed E-state index contributed by atoms with van der Waals surface area (Å²) >= 11 is 0. The molecular weight excluding hydrogens is 484 g/mol. The Morgan fingerprint density at radius 1 is 0.641 bits per heavy atom. The highest BCUT2D eigenvalue weighted by Crippen LogP contribution is 2.21. The van der Waals surface area contributed by atoms with Gasteiger partial charge in [-0.05, 0) is 92.2 Å². The largest absolute Gasteiger partial charge is 0.462 e. The van der Waals surface area contributed by atoms with Gasteiger partial charge < -0.3 is 9.47 Å². The van der Waals surface area contributed by atoms with Gasteiger partial charge >= 0.3 is 11.9 Å². The van der Waals surface area contributed by atoms with E-state index in [1.165, 1.54) is 11.1 Å². The van der Waals surface area contributed by atoms with Crippen LogP contribution in [-0.4, -0.2) is 24.6 Å². The van der Waals surface area contributed by atoms with Crippen molar-refractivity contribution in [2.24, 2.45) is 0 Å². The van der Waals surface area contributed by atoms with E-state index in [0.29, 0.717) is 24.0 Å². The van der Waals surface area contributed by atoms with Crippen LogP contribution in [0.15, 0.2) is 36.4 Å². The van der Waals surface area contributed by atoms with Gasteiger partial charge in [-0.15, -0.1) is 0 Å². The first kappa shape index (κ1) is 32.6. The summed E-state index contributed by atoms with van der Waals surface area (Å²) in [6.07, 6.45) is 13.6. The van der Waals surface area contributed by atoms with Crippen LogP contribution in [0, 0.1) is 0 Å². The van der Waals surface area contributed by atoms with Crippen molar-refractivity contribution in [2.75, 3.05) is 6.61 Å². The molecule has 0 amide bonds. The third-order valence-electron chi connectivity index (χ3n) is 7.42. The van der Waals surface area contributed by atoms with Gasteiger partial charge in [-0.25, -0.2) is 9.59 Å². The molecule has 0 bridgehead atoms. The van der Waals surface area contributed by atoms with Crippen LogP contribution in [-0.2, 0) is 35.2 Å². The standard InChI is InChI=1S/C35H52O4/c1-6-11-15-27-19-21-32(29(25-27)17-13-8-3)34(36)38-24-23-31(10-5)39-35(37)33-22-20-28(16-12-7-2)26-30(33)18-14-9-4/h19-22,25-26,31H,6-18,23-24H2,1-5H3. The smallest absolute Gasteiger partial charge is 0.338 e. The van der Waals surface area contributed by atoms with Gasteiger partial charge in [0.05, 0.1) is 17.7 Å². The minimum Gasteiger partial charge on any atom is -0.462 e. The van der Waals surface area contributed by atoms with Gasteiger partial charge in [0.25, 0.3) is 0 Å². The Kier molecular flexibility index (Phi) is 15.6. The van der Waals surface area contributed by atoms with E-state index < -0.39 is 0 Å². The monoisotopic (exact) mass is 536 g/mol. The van der Waals surface area contributed by atoms with Crippen LogP contribution >= 0.6 is 0 Å². The van der Waals surface area contributed by atoms with Crippen molar-refractivity contribution in [1.29, 1.82) is 0 Å². The minimum absolute atomic E-state index is 0.230. The second-order valence-corrected chi connectivity index (χ2v) is 10.8. The molecule has 0 heterocycles. The maximum Gasteiger partial charge on any atom is 0.338 e. The van der Waals surface area contributed by atoms with Gasteiger partial charge in [-0.2, -0.15) is 0 Å². The van der Waals surface area contributed by atoms with Crippen LogP contribution in [0.1, 0.15) is 142 Å². The lowest BCUT2D eigenvalue weighted by Gasteiger charge is -2.18. The molecule has 0 spiro atoms. The summed E-state index contributed by atoms with van der Waals surface area (Å²) < 4.78 is 11.6. The molecule has 0 saturated carbocycles. The number of hydrogen-bond donors (Lipinski definition) is 0. The van der Waals surface area contributed by atoms with E-state index in [1.54, 1.807) is 0 Å². The van der Waals surface area contributed by atoms with Gasteiger partial charge in [-0.1, -0.05) is 84.6 Å². The van der Waals surface area contributed by atoms with Gasteiger partial charge in [-0.3, -0.25) is 0 Å². The number of ether oxygens (including phenoxy) is 2. The summed E-state index contributed by atoms with van der Waals surface area (Å²) in [6.45, 7) is 11.0. The lowest BCUT2D eigenvalue weighted by molar-refractivity contribution is 0.0176. The fourth-order valence-electron chi connectivity index (χ4n) is 4.84. The Labute approximate surface area is 237 Å². The van der Waals surface area contributed by atoms with E-state index in [-0.39, 0.29) is 24.6 Å². The summed E-state index contributed by atoms with van der Waals surface area (Å²) in [5, 5.41) is 0. The second-order valence-electron chi connectivity index (χ2n) is 10.8. The van der Waals surface area contributed by atoms with E-state index >= 15 is 0 Å². The molecule has 0 N–H and O–H groups in total. The van der Waals surface area contributed by atoms with Crippen LogP contribution < -0.4 is 0 Å². The van der Waals surface area contributed by atoms with Crippen molar-refractivity contribution in [1.82, 2.24) is 0 Å².